The van der Waals surface area contributed by atoms with E-state index < -0.39 is 15.9 Å². The summed E-state index contributed by atoms with van der Waals surface area (Å²) < 4.78 is 28.8. The number of carbonyl (C=O) groups is 2. The van der Waals surface area contributed by atoms with Crippen molar-refractivity contribution in [3.63, 3.8) is 0 Å². The Labute approximate surface area is 200 Å². The van der Waals surface area contributed by atoms with Gasteiger partial charge in [-0.05, 0) is 68.7 Å². The second-order valence-electron chi connectivity index (χ2n) is 8.18. The highest BCUT2D eigenvalue weighted by Crippen LogP contribution is 2.24. The first-order valence-electron chi connectivity index (χ1n) is 11.0. The molecule has 3 rings (SSSR count). The summed E-state index contributed by atoms with van der Waals surface area (Å²) in [7, 11) is -3.93. The Morgan fingerprint density at radius 1 is 0.853 bits per heavy atom. The number of carbonyl (C=O) groups excluding carboxylic acids is 2. The molecule has 0 aromatic heterocycles. The average Bonchev–Trinajstić information content (AvgIpc) is 2.80. The normalized spacial score (nSPS) is 12.0. The number of para-hydroxylation sites is 2. The first-order valence-corrected chi connectivity index (χ1v) is 12.5. The highest BCUT2D eigenvalue weighted by atomic mass is 32.2. The molecule has 178 valence electrons. The molecule has 0 fully saturated rings. The van der Waals surface area contributed by atoms with Crippen LogP contribution in [0.2, 0.25) is 0 Å². The summed E-state index contributed by atoms with van der Waals surface area (Å²) in [6, 6.07) is 18.2. The molecule has 0 saturated heterocycles. The highest BCUT2D eigenvalue weighted by Gasteiger charge is 2.21. The number of amides is 2. The van der Waals surface area contributed by atoms with Gasteiger partial charge >= 0.3 is 0 Å². The molecule has 0 unspecified atom stereocenters. The molecule has 3 N–H and O–H groups in total. The first kappa shape index (κ1) is 25.0. The number of hydrogen-bond donors (Lipinski definition) is 3. The Morgan fingerprint density at radius 3 is 2.18 bits per heavy atom. The van der Waals surface area contributed by atoms with Gasteiger partial charge in [0.2, 0.25) is 0 Å². The van der Waals surface area contributed by atoms with Crippen molar-refractivity contribution in [2.75, 3.05) is 10.0 Å². The van der Waals surface area contributed by atoms with Crippen LogP contribution in [0.15, 0.2) is 71.6 Å². The van der Waals surface area contributed by atoms with Crippen molar-refractivity contribution in [2.24, 2.45) is 0 Å². The summed E-state index contributed by atoms with van der Waals surface area (Å²) in [6.45, 7) is 7.35. The maximum atomic E-state index is 13.1. The number of rotatable bonds is 8. The zero-order chi connectivity index (χ0) is 24.9. The number of hydrogen-bond acceptors (Lipinski definition) is 4. The summed E-state index contributed by atoms with van der Waals surface area (Å²) in [5, 5.41) is 5.63. The van der Waals surface area contributed by atoms with Crippen molar-refractivity contribution in [3.05, 3.63) is 89.0 Å². The van der Waals surface area contributed by atoms with Crippen molar-refractivity contribution in [3.8, 4) is 0 Å². The molecule has 0 aliphatic heterocycles. The van der Waals surface area contributed by atoms with Crippen LogP contribution in [0, 0.1) is 13.8 Å². The quantitative estimate of drug-likeness (QED) is 0.428. The van der Waals surface area contributed by atoms with E-state index in [9.17, 15) is 18.0 Å². The molecule has 0 saturated carbocycles. The van der Waals surface area contributed by atoms with E-state index in [1.54, 1.807) is 55.5 Å². The van der Waals surface area contributed by atoms with Crippen LogP contribution < -0.4 is 15.4 Å². The van der Waals surface area contributed by atoms with Crippen LogP contribution in [-0.2, 0) is 10.0 Å². The van der Waals surface area contributed by atoms with E-state index in [0.29, 0.717) is 22.5 Å². The van der Waals surface area contributed by atoms with Crippen molar-refractivity contribution in [1.82, 2.24) is 5.32 Å². The van der Waals surface area contributed by atoms with Gasteiger partial charge in [-0.2, -0.15) is 0 Å². The second kappa shape index (κ2) is 10.5. The third-order valence-corrected chi connectivity index (χ3v) is 7.05. The van der Waals surface area contributed by atoms with Gasteiger partial charge in [0.05, 0.1) is 21.8 Å². The lowest BCUT2D eigenvalue weighted by atomic mass is 10.1. The van der Waals surface area contributed by atoms with Crippen LogP contribution >= 0.6 is 0 Å². The van der Waals surface area contributed by atoms with Crippen LogP contribution in [0.3, 0.4) is 0 Å². The molecule has 1 atom stereocenters. The second-order valence-corrected chi connectivity index (χ2v) is 9.83. The molecular formula is C26H29N3O4S. The van der Waals surface area contributed by atoms with Gasteiger partial charge in [0, 0.05) is 11.6 Å². The molecule has 0 bridgehead atoms. The van der Waals surface area contributed by atoms with E-state index in [-0.39, 0.29) is 22.4 Å². The monoisotopic (exact) mass is 479 g/mol. The van der Waals surface area contributed by atoms with Gasteiger partial charge in [0.1, 0.15) is 0 Å². The van der Waals surface area contributed by atoms with E-state index in [2.05, 4.69) is 15.4 Å². The lowest BCUT2D eigenvalue weighted by molar-refractivity contribution is 0.0940. The fourth-order valence-corrected chi connectivity index (χ4v) is 4.71. The Kier molecular flexibility index (Phi) is 7.73. The van der Waals surface area contributed by atoms with Gasteiger partial charge in [-0.25, -0.2) is 8.42 Å². The molecule has 7 nitrogen and oxygen atoms in total. The van der Waals surface area contributed by atoms with E-state index in [4.69, 9.17) is 0 Å². The minimum absolute atomic E-state index is 0.00574. The van der Waals surface area contributed by atoms with Crippen molar-refractivity contribution in [1.29, 1.82) is 0 Å². The van der Waals surface area contributed by atoms with Gasteiger partial charge in [-0.1, -0.05) is 43.3 Å². The van der Waals surface area contributed by atoms with Crippen LogP contribution in [0.1, 0.15) is 52.1 Å². The van der Waals surface area contributed by atoms with Gasteiger partial charge in [-0.15, -0.1) is 0 Å². The lowest BCUT2D eigenvalue weighted by Gasteiger charge is -2.15. The molecule has 0 heterocycles. The van der Waals surface area contributed by atoms with Crippen molar-refractivity contribution >= 4 is 33.2 Å². The van der Waals surface area contributed by atoms with Crippen molar-refractivity contribution < 1.29 is 18.0 Å². The van der Waals surface area contributed by atoms with E-state index in [1.165, 1.54) is 6.07 Å². The molecule has 2 amide bonds. The third-order valence-electron chi connectivity index (χ3n) is 5.54. The molecule has 3 aromatic rings. The Hall–Kier alpha value is -3.65. The highest BCUT2D eigenvalue weighted by molar-refractivity contribution is 7.92. The van der Waals surface area contributed by atoms with Crippen LogP contribution in [-0.4, -0.2) is 26.3 Å². The molecule has 3 aromatic carbocycles. The van der Waals surface area contributed by atoms with Crippen LogP contribution in [0.5, 0.6) is 0 Å². The van der Waals surface area contributed by atoms with Gasteiger partial charge in [-0.3, -0.25) is 14.3 Å². The molecule has 0 radical (unpaired) electrons. The molecule has 0 aliphatic carbocycles. The zero-order valence-corrected chi connectivity index (χ0v) is 20.5. The maximum Gasteiger partial charge on any atom is 0.262 e. The Morgan fingerprint density at radius 2 is 1.50 bits per heavy atom. The predicted molar refractivity (Wildman–Crippen MR) is 135 cm³/mol. The summed E-state index contributed by atoms with van der Waals surface area (Å²) in [5.41, 5.74) is 2.59. The summed E-state index contributed by atoms with van der Waals surface area (Å²) in [5.74, 6) is -0.809. The van der Waals surface area contributed by atoms with Crippen molar-refractivity contribution in [2.45, 2.75) is 45.1 Å². The fraction of sp³-hybridized carbons (Fsp3) is 0.231. The predicted octanol–water partition coefficient (Wildman–Crippen LogP) is 4.88. The lowest BCUT2D eigenvalue weighted by Crippen LogP contribution is -2.32. The summed E-state index contributed by atoms with van der Waals surface area (Å²) in [6.07, 6.45) is 0.775. The SMILES string of the molecule is CC[C@H](C)NC(=O)c1ccccc1NC(=O)c1ccc(C)c(S(=O)(=O)Nc2ccccc2C)c1. The standard InChI is InChI=1S/C26H29N3O4S/c1-5-19(4)27-26(31)21-11-7-9-13-23(21)28-25(30)20-15-14-18(3)24(16-20)34(32,33)29-22-12-8-6-10-17(22)2/h6-16,19,29H,5H2,1-4H3,(H,27,31)(H,28,30)/t19-/m0/s1. The van der Waals surface area contributed by atoms with Gasteiger partial charge < -0.3 is 10.6 Å². The van der Waals surface area contributed by atoms with Gasteiger partial charge in [0.25, 0.3) is 21.8 Å². The topological polar surface area (TPSA) is 104 Å². The minimum Gasteiger partial charge on any atom is -0.350 e. The number of aryl methyl sites for hydroxylation is 2. The first-order chi connectivity index (χ1) is 16.1. The number of benzene rings is 3. The van der Waals surface area contributed by atoms with E-state index in [0.717, 1.165) is 12.0 Å². The zero-order valence-electron chi connectivity index (χ0n) is 19.7. The van der Waals surface area contributed by atoms with E-state index in [1.807, 2.05) is 32.9 Å². The number of anilines is 2. The molecule has 34 heavy (non-hydrogen) atoms. The fourth-order valence-electron chi connectivity index (χ4n) is 3.31. The summed E-state index contributed by atoms with van der Waals surface area (Å²) >= 11 is 0. The summed E-state index contributed by atoms with van der Waals surface area (Å²) in [4.78, 5) is 25.7. The minimum atomic E-state index is -3.93. The Balaban J connectivity index is 1.88. The third kappa shape index (κ3) is 5.82. The Bertz CT molecular complexity index is 1320. The largest absolute Gasteiger partial charge is 0.350 e. The van der Waals surface area contributed by atoms with Gasteiger partial charge in [0.15, 0.2) is 0 Å². The average molecular weight is 480 g/mol. The number of sulfonamides is 1. The molecule has 0 aliphatic rings. The molecule has 0 spiro atoms. The van der Waals surface area contributed by atoms with Crippen LogP contribution in [0.4, 0.5) is 11.4 Å². The number of nitrogens with one attached hydrogen (secondary N) is 3. The molecule has 8 heteroatoms. The van der Waals surface area contributed by atoms with Crippen LogP contribution in [0.25, 0.3) is 0 Å². The maximum absolute atomic E-state index is 13.1. The molecular weight excluding hydrogens is 450 g/mol. The van der Waals surface area contributed by atoms with E-state index >= 15 is 0 Å². The smallest absolute Gasteiger partial charge is 0.262 e.